The predicted molar refractivity (Wildman–Crippen MR) is 61.9 cm³/mol. The molecule has 0 aliphatic heterocycles. The molecule has 1 aliphatic rings. The average molecular weight is 264 g/mol. The molecule has 0 radical (unpaired) electrons. The summed E-state index contributed by atoms with van der Waals surface area (Å²) in [5.74, 6) is -1.49. The summed E-state index contributed by atoms with van der Waals surface area (Å²) in [6, 6.07) is 0. The van der Waals surface area contributed by atoms with Gasteiger partial charge in [0.25, 0.3) is 0 Å². The number of carbonyl (C=O) groups is 1. The normalized spacial score (nSPS) is 25.9. The van der Waals surface area contributed by atoms with Crippen LogP contribution >= 0.6 is 0 Å². The number of hydrogen-bond acceptors (Lipinski definition) is 2. The van der Waals surface area contributed by atoms with Crippen molar-refractivity contribution < 1.29 is 22.7 Å². The number of rotatable bonds is 3. The Morgan fingerprint density at radius 1 is 1.28 bits per heavy atom. The average Bonchev–Trinajstić information content (AvgIpc) is 2.28. The second kappa shape index (κ2) is 6.25. The number of hydrogen-bond donors (Lipinski definition) is 0. The highest BCUT2D eigenvalue weighted by molar-refractivity contribution is 5.87. The van der Waals surface area contributed by atoms with Crippen molar-refractivity contribution in [2.24, 2.45) is 11.8 Å². The summed E-state index contributed by atoms with van der Waals surface area (Å²) >= 11 is 0. The number of alkyl halides is 3. The molecule has 0 aromatic rings. The van der Waals surface area contributed by atoms with Crippen molar-refractivity contribution in [1.29, 1.82) is 0 Å². The minimum absolute atomic E-state index is 0.0630. The van der Waals surface area contributed by atoms with Crippen LogP contribution in [0, 0.1) is 11.8 Å². The van der Waals surface area contributed by atoms with Crippen molar-refractivity contribution in [1.82, 2.24) is 0 Å². The molecule has 18 heavy (non-hydrogen) atoms. The third-order valence-electron chi connectivity index (χ3n) is 3.32. The van der Waals surface area contributed by atoms with Crippen LogP contribution in [0.3, 0.4) is 0 Å². The zero-order valence-corrected chi connectivity index (χ0v) is 10.7. The lowest BCUT2D eigenvalue weighted by Gasteiger charge is -2.28. The number of halogens is 3. The quantitative estimate of drug-likeness (QED) is 0.571. The summed E-state index contributed by atoms with van der Waals surface area (Å²) in [5, 5.41) is 0. The fraction of sp³-hybridized carbons (Fsp3) is 0.769. The van der Waals surface area contributed by atoms with Crippen LogP contribution in [0.2, 0.25) is 0 Å². The van der Waals surface area contributed by atoms with Gasteiger partial charge < -0.3 is 4.74 Å². The Balaban J connectivity index is 2.48. The Bertz CT molecular complexity index is 313. The standard InChI is InChI=1S/C13H19F3O2/c1-3-18-12(17)9(2)8-10-4-6-11(7-5-10)13(14,15)16/h8,10-11H,3-7H2,1-2H3/b9-8+. The third-order valence-corrected chi connectivity index (χ3v) is 3.32. The lowest BCUT2D eigenvalue weighted by molar-refractivity contribution is -0.183. The van der Waals surface area contributed by atoms with Gasteiger partial charge in [0.15, 0.2) is 0 Å². The first-order valence-corrected chi connectivity index (χ1v) is 6.26. The second-order valence-electron chi connectivity index (χ2n) is 4.72. The molecule has 0 bridgehead atoms. The van der Waals surface area contributed by atoms with E-state index in [1.165, 1.54) is 0 Å². The van der Waals surface area contributed by atoms with E-state index in [9.17, 15) is 18.0 Å². The van der Waals surface area contributed by atoms with E-state index in [2.05, 4.69) is 0 Å². The van der Waals surface area contributed by atoms with Crippen molar-refractivity contribution in [3.05, 3.63) is 11.6 Å². The van der Waals surface area contributed by atoms with Gasteiger partial charge in [0.1, 0.15) is 0 Å². The van der Waals surface area contributed by atoms with Gasteiger partial charge in [-0.15, -0.1) is 0 Å². The summed E-state index contributed by atoms with van der Waals surface area (Å²) in [6.45, 7) is 3.68. The molecule has 1 aliphatic carbocycles. The van der Waals surface area contributed by atoms with Gasteiger partial charge in [-0.2, -0.15) is 13.2 Å². The monoisotopic (exact) mass is 264 g/mol. The van der Waals surface area contributed by atoms with Crippen LogP contribution in [-0.4, -0.2) is 18.8 Å². The zero-order valence-electron chi connectivity index (χ0n) is 10.7. The van der Waals surface area contributed by atoms with Crippen LogP contribution in [0.4, 0.5) is 13.2 Å². The van der Waals surface area contributed by atoms with Gasteiger partial charge in [-0.1, -0.05) is 6.08 Å². The molecule has 0 unspecified atom stereocenters. The van der Waals surface area contributed by atoms with Gasteiger partial charge in [-0.3, -0.25) is 0 Å². The lowest BCUT2D eigenvalue weighted by atomic mass is 9.81. The van der Waals surface area contributed by atoms with Gasteiger partial charge in [-0.05, 0) is 45.4 Å². The number of ether oxygens (including phenoxy) is 1. The number of esters is 1. The van der Waals surface area contributed by atoms with Gasteiger partial charge >= 0.3 is 12.1 Å². The Labute approximate surface area is 105 Å². The largest absolute Gasteiger partial charge is 0.463 e. The van der Waals surface area contributed by atoms with E-state index in [1.54, 1.807) is 19.9 Å². The molecular formula is C13H19F3O2. The van der Waals surface area contributed by atoms with Crippen LogP contribution in [0.1, 0.15) is 39.5 Å². The van der Waals surface area contributed by atoms with Crippen LogP contribution in [-0.2, 0) is 9.53 Å². The summed E-state index contributed by atoms with van der Waals surface area (Å²) in [6.07, 6.45) is -1.04. The molecule has 1 rings (SSSR count). The smallest absolute Gasteiger partial charge is 0.391 e. The third kappa shape index (κ3) is 4.35. The Kier molecular flexibility index (Phi) is 5.23. The van der Waals surface area contributed by atoms with Crippen molar-refractivity contribution in [2.75, 3.05) is 6.61 Å². The van der Waals surface area contributed by atoms with E-state index in [4.69, 9.17) is 4.74 Å². The summed E-state index contributed by atoms with van der Waals surface area (Å²) in [7, 11) is 0. The molecule has 0 atom stereocenters. The molecule has 0 aromatic heterocycles. The molecule has 2 nitrogen and oxygen atoms in total. The van der Waals surface area contributed by atoms with Crippen LogP contribution in [0.25, 0.3) is 0 Å². The van der Waals surface area contributed by atoms with Crippen molar-refractivity contribution in [2.45, 2.75) is 45.7 Å². The highest BCUT2D eigenvalue weighted by Crippen LogP contribution is 2.40. The number of allylic oxidation sites excluding steroid dienone is 1. The molecule has 104 valence electrons. The van der Waals surface area contributed by atoms with E-state index < -0.39 is 12.1 Å². The molecule has 0 saturated heterocycles. The molecule has 0 aromatic carbocycles. The summed E-state index contributed by atoms with van der Waals surface area (Å²) in [4.78, 5) is 11.4. The van der Waals surface area contributed by atoms with E-state index in [0.717, 1.165) is 0 Å². The van der Waals surface area contributed by atoms with Gasteiger partial charge in [0, 0.05) is 5.57 Å². The minimum Gasteiger partial charge on any atom is -0.463 e. The highest BCUT2D eigenvalue weighted by atomic mass is 19.4. The predicted octanol–water partition coefficient (Wildman–Crippen LogP) is 3.86. The van der Waals surface area contributed by atoms with Gasteiger partial charge in [-0.25, -0.2) is 4.79 Å². The van der Waals surface area contributed by atoms with Crippen molar-refractivity contribution >= 4 is 5.97 Å². The molecule has 0 spiro atoms. The van der Waals surface area contributed by atoms with E-state index in [-0.39, 0.29) is 24.7 Å². The lowest BCUT2D eigenvalue weighted by Crippen LogP contribution is -2.27. The molecule has 1 saturated carbocycles. The molecular weight excluding hydrogens is 245 g/mol. The van der Waals surface area contributed by atoms with Gasteiger partial charge in [0.2, 0.25) is 0 Å². The molecule has 5 heteroatoms. The molecule has 1 fully saturated rings. The maximum atomic E-state index is 12.5. The zero-order chi connectivity index (χ0) is 13.8. The SMILES string of the molecule is CCOC(=O)/C(C)=C/C1CCC(C(F)(F)F)CC1. The molecule has 0 amide bonds. The Morgan fingerprint density at radius 2 is 1.83 bits per heavy atom. The first-order chi connectivity index (χ1) is 8.34. The molecule has 0 heterocycles. The topological polar surface area (TPSA) is 26.3 Å². The highest BCUT2D eigenvalue weighted by Gasteiger charge is 2.41. The van der Waals surface area contributed by atoms with E-state index in [1.807, 2.05) is 0 Å². The number of carbonyl (C=O) groups excluding carboxylic acids is 1. The fourth-order valence-electron chi connectivity index (χ4n) is 2.28. The van der Waals surface area contributed by atoms with Gasteiger partial charge in [0.05, 0.1) is 12.5 Å². The first-order valence-electron chi connectivity index (χ1n) is 6.26. The second-order valence-corrected chi connectivity index (χ2v) is 4.72. The van der Waals surface area contributed by atoms with Crippen molar-refractivity contribution in [3.63, 3.8) is 0 Å². The van der Waals surface area contributed by atoms with E-state index >= 15 is 0 Å². The van der Waals surface area contributed by atoms with Crippen LogP contribution in [0.15, 0.2) is 11.6 Å². The Hall–Kier alpha value is -1.00. The molecule has 0 N–H and O–H groups in total. The van der Waals surface area contributed by atoms with Crippen molar-refractivity contribution in [3.8, 4) is 0 Å². The maximum Gasteiger partial charge on any atom is 0.391 e. The van der Waals surface area contributed by atoms with Crippen LogP contribution in [0.5, 0.6) is 0 Å². The van der Waals surface area contributed by atoms with Crippen LogP contribution < -0.4 is 0 Å². The summed E-state index contributed by atoms with van der Waals surface area (Å²) in [5.41, 5.74) is 0.493. The minimum atomic E-state index is -4.08. The first kappa shape index (κ1) is 15.1. The maximum absolute atomic E-state index is 12.5. The van der Waals surface area contributed by atoms with E-state index in [0.29, 0.717) is 25.0 Å². The summed E-state index contributed by atoms with van der Waals surface area (Å²) < 4.78 is 42.2. The fourth-order valence-corrected chi connectivity index (χ4v) is 2.28. The Morgan fingerprint density at radius 3 is 2.28 bits per heavy atom.